The molecule has 0 aliphatic carbocycles. The molecule has 1 atom stereocenters. The number of hydrogen-bond acceptors (Lipinski definition) is 8. The average Bonchev–Trinajstić information content (AvgIpc) is 1.53. The van der Waals surface area contributed by atoms with Crippen LogP contribution in [-0.2, 0) is 45.4 Å². The van der Waals surface area contributed by atoms with Crippen LogP contribution in [0.3, 0.4) is 0 Å². The molecule has 3 aromatic heterocycles. The Kier molecular flexibility index (Phi) is 32.6. The summed E-state index contributed by atoms with van der Waals surface area (Å²) in [6.45, 7) is 35.9. The zero-order valence-corrected chi connectivity index (χ0v) is 67.8. The molecule has 1 N–H and O–H groups in total. The van der Waals surface area contributed by atoms with Crippen LogP contribution in [0.5, 0.6) is 0 Å². The van der Waals surface area contributed by atoms with Crippen LogP contribution >= 0.6 is 0 Å². The summed E-state index contributed by atoms with van der Waals surface area (Å²) in [5.74, 6) is 4.14. The molecule has 1 unspecified atom stereocenters. The molecular weight excluding hydrogens is 1410 g/mol. The van der Waals surface area contributed by atoms with E-state index in [4.69, 9.17) is 9.98 Å². The number of aromatic amines is 1. The Balaban J connectivity index is 0.000000214. The van der Waals surface area contributed by atoms with Crippen molar-refractivity contribution in [3.8, 4) is 5.69 Å². The van der Waals surface area contributed by atoms with Crippen molar-refractivity contribution in [3.63, 3.8) is 0 Å². The van der Waals surface area contributed by atoms with E-state index in [0.29, 0.717) is 69.6 Å². The van der Waals surface area contributed by atoms with Gasteiger partial charge in [-0.25, -0.2) is 0 Å². The minimum atomic E-state index is -0.474. The van der Waals surface area contributed by atoms with Gasteiger partial charge in [-0.2, -0.15) is 70.8 Å². The van der Waals surface area contributed by atoms with E-state index >= 15 is 0 Å². The summed E-state index contributed by atoms with van der Waals surface area (Å²) in [5.41, 5.74) is 22.1. The molecule has 0 saturated heterocycles. The van der Waals surface area contributed by atoms with E-state index in [2.05, 4.69) is 233 Å². The minimum Gasteiger partial charge on any atom is -0.376 e. The zero-order valence-electron chi connectivity index (χ0n) is 65.4. The van der Waals surface area contributed by atoms with Crippen molar-refractivity contribution in [1.29, 1.82) is 0 Å². The number of Topliss-reactive ketones (excluding diaryl/α,β-unsaturated/α-hetero) is 1. The summed E-state index contributed by atoms with van der Waals surface area (Å²) >= 11 is 0. The van der Waals surface area contributed by atoms with Crippen LogP contribution in [0.1, 0.15) is 258 Å². The topological polar surface area (TPSA) is 137 Å². The largest absolute Gasteiger partial charge is 4.00 e. The van der Waals surface area contributed by atoms with E-state index in [1.54, 1.807) is 122 Å². The predicted octanol–water partition coefficient (Wildman–Crippen LogP) is 22.3. The van der Waals surface area contributed by atoms with Gasteiger partial charge in [-0.15, -0.1) is 48.5 Å². The fourth-order valence-corrected chi connectivity index (χ4v) is 13.0. The SMILES string of the molecule is CC(C)c1cccc(C(C)C)c1N1[c-]2[n+](-c3c(C(C)C)cccc3C(C)C)cc3cc[c-]([n+]32)C1C(=O)c1ccccc1.CC(C)c1cccc(C(C)C)c1N=Cc1ccc(C=Nc2c(C(C)C)cccc2C(C)C)[nH]1.O=[C-]c1ccccc1.O=[C-]c1ccccc1.O=[C-]c1ccccc1.O=[C-]c1ccccc1.[Zr+4]. The maximum atomic E-state index is 14.6. The number of nitrogens with zero attached hydrogens (tertiary/aromatic N) is 5. The number of H-pyrrole nitrogens is 1. The molecule has 11 nitrogen and oxygen atoms in total. The van der Waals surface area contributed by atoms with E-state index in [1.807, 2.05) is 67.0 Å². The second-order valence-electron chi connectivity index (χ2n) is 29.0. The fourth-order valence-electron chi connectivity index (χ4n) is 13.0. The number of benzene rings is 9. The van der Waals surface area contributed by atoms with Gasteiger partial charge in [-0.1, -0.05) is 250 Å². The molecule has 550 valence electrons. The molecule has 0 saturated carbocycles. The zero-order chi connectivity index (χ0) is 77.3. The molecule has 108 heavy (non-hydrogen) atoms. The molecule has 1 aliphatic rings. The summed E-state index contributed by atoms with van der Waals surface area (Å²) in [6, 6.07) is 79.8. The Morgan fingerprint density at radius 1 is 0.389 bits per heavy atom. The maximum Gasteiger partial charge on any atom is 4.00 e. The fraction of sp³-hybridized carbons (Fsp3) is 0.260. The van der Waals surface area contributed by atoms with Gasteiger partial charge in [0.15, 0.2) is 6.04 Å². The van der Waals surface area contributed by atoms with Gasteiger partial charge in [0.05, 0.1) is 77.4 Å². The average molecular weight is 1510 g/mol. The normalized spacial score (nSPS) is 12.1. The number of carbonyl (C=O) groups is 1. The number of aliphatic imine (C=N–C) groups is 2. The number of carbonyl (C=O) groups excluding carboxylic acids is 5. The van der Waals surface area contributed by atoms with Crippen LogP contribution in [0.15, 0.2) is 265 Å². The maximum absolute atomic E-state index is 14.6. The monoisotopic (exact) mass is 1510 g/mol. The first-order chi connectivity index (χ1) is 51.5. The van der Waals surface area contributed by atoms with Crippen molar-refractivity contribution in [2.75, 3.05) is 4.90 Å². The Labute approximate surface area is 660 Å². The third-order valence-electron chi connectivity index (χ3n) is 18.5. The molecule has 12 heteroatoms. The summed E-state index contributed by atoms with van der Waals surface area (Å²) in [6.07, 6.45) is 13.3. The van der Waals surface area contributed by atoms with Crippen molar-refractivity contribution in [2.45, 2.75) is 164 Å². The Hall–Kier alpha value is -10.5. The first-order valence-corrected chi connectivity index (χ1v) is 37.2. The van der Waals surface area contributed by atoms with Gasteiger partial charge in [0, 0.05) is 17.3 Å². The summed E-state index contributed by atoms with van der Waals surface area (Å²) in [7, 11) is 0. The van der Waals surface area contributed by atoms with Gasteiger partial charge >= 0.3 is 32.2 Å². The van der Waals surface area contributed by atoms with Gasteiger partial charge in [-0.05, 0) is 104 Å². The summed E-state index contributed by atoms with van der Waals surface area (Å²) in [4.78, 5) is 69.8. The molecule has 0 fully saturated rings. The van der Waals surface area contributed by atoms with E-state index in [-0.39, 0.29) is 32.0 Å². The van der Waals surface area contributed by atoms with Crippen molar-refractivity contribution in [2.24, 2.45) is 9.98 Å². The number of ketones is 1. The molecule has 0 radical (unpaired) electrons. The molecule has 0 spiro atoms. The van der Waals surface area contributed by atoms with Gasteiger partial charge in [0.1, 0.15) is 0 Å². The van der Waals surface area contributed by atoms with Crippen LogP contribution < -0.4 is 13.9 Å². The quantitative estimate of drug-likeness (QED) is 0.0349. The van der Waals surface area contributed by atoms with Crippen molar-refractivity contribution in [3.05, 3.63) is 344 Å². The minimum absolute atomic E-state index is 0. The number of imidazole rings is 1. The molecule has 13 rings (SSSR count). The molecule has 0 amide bonds. The van der Waals surface area contributed by atoms with Crippen molar-refractivity contribution in [1.82, 2.24) is 4.98 Å². The van der Waals surface area contributed by atoms with E-state index in [0.717, 1.165) is 51.2 Å². The first kappa shape index (κ1) is 84.7. The molecular formula is C96H102N6O5Zr. The van der Waals surface area contributed by atoms with Crippen molar-refractivity contribution >= 4 is 71.9 Å². The Morgan fingerprint density at radius 3 is 0.981 bits per heavy atom. The van der Waals surface area contributed by atoms with E-state index < -0.39 is 6.04 Å². The van der Waals surface area contributed by atoms with E-state index in [1.165, 1.54) is 50.2 Å². The number of para-hydroxylation sites is 4. The van der Waals surface area contributed by atoms with Crippen LogP contribution in [0.4, 0.5) is 23.0 Å². The number of nitrogens with one attached hydrogen (secondary N) is 1. The number of aromatic nitrogens is 3. The number of hydrogen-bond donors (Lipinski definition) is 1. The Bertz CT molecular complexity index is 4520. The summed E-state index contributed by atoms with van der Waals surface area (Å²) in [5, 5.41) is 0. The molecule has 1 aliphatic heterocycles. The first-order valence-electron chi connectivity index (χ1n) is 37.2. The van der Waals surface area contributed by atoms with Gasteiger partial charge in [0.25, 0.3) is 0 Å². The van der Waals surface area contributed by atoms with Crippen LogP contribution in [0.25, 0.3) is 11.2 Å². The van der Waals surface area contributed by atoms with Crippen LogP contribution in [0.2, 0.25) is 0 Å². The van der Waals surface area contributed by atoms with E-state index in [9.17, 15) is 24.0 Å². The number of anilines is 2. The molecule has 4 heterocycles. The van der Waals surface area contributed by atoms with Crippen LogP contribution in [-0.4, -0.2) is 48.3 Å². The predicted molar refractivity (Wildman–Crippen MR) is 440 cm³/mol. The van der Waals surface area contributed by atoms with Gasteiger partial charge in [0.2, 0.25) is 5.78 Å². The third kappa shape index (κ3) is 21.8. The molecule has 0 bridgehead atoms. The smallest absolute Gasteiger partial charge is 0.376 e. The second-order valence-corrected chi connectivity index (χ2v) is 29.0. The Morgan fingerprint density at radius 2 is 0.685 bits per heavy atom. The third-order valence-corrected chi connectivity index (χ3v) is 18.5. The molecule has 9 aromatic carbocycles. The van der Waals surface area contributed by atoms with Crippen molar-refractivity contribution < 1.29 is 59.1 Å². The summed E-state index contributed by atoms with van der Waals surface area (Å²) < 4.78 is 4.72. The van der Waals surface area contributed by atoms with Crippen LogP contribution in [0, 0.1) is 0 Å². The molecule has 12 aromatic rings. The standard InChI is InChI=1S/C38H43N3O.C30H39N3.4C7H5O.Zr/c1-23(2)29-16-12-17-30(24(3)4)34(29)39-22-28-20-21-33-36(37(42)27-14-10-9-11-15-27)41(38(39)40(28)33)35-31(25(5)6)18-13-19-32(35)26(7)8;1-19(2)25-11-9-12-26(20(3)4)29(25)31-17-23-15-16-24(33-23)18-32-30-27(21(5)6)13-10-14-28(30)22(7)8;4*8-6-7-4-2-1-3-5-7;/h9-26,36H,1-8H3;9-22,33H,1-8H3;4*1-5H;/q;;4*-1;+4. The van der Waals surface area contributed by atoms with Gasteiger partial charge in [-0.3, -0.25) is 28.6 Å². The van der Waals surface area contributed by atoms with Gasteiger partial charge < -0.3 is 24.2 Å². The number of rotatable bonds is 20. The second kappa shape index (κ2) is 41.5.